The van der Waals surface area contributed by atoms with Gasteiger partial charge in [0.25, 0.3) is 0 Å². The highest BCUT2D eigenvalue weighted by Crippen LogP contribution is 2.25. The van der Waals surface area contributed by atoms with Crippen molar-refractivity contribution in [3.05, 3.63) is 65.3 Å². The summed E-state index contributed by atoms with van der Waals surface area (Å²) in [6.45, 7) is 6.13. The molecular weight excluding hydrogens is 395 g/mol. The Hall–Kier alpha value is -3.06. The maximum Gasteiger partial charge on any atom is 0.241 e. The van der Waals surface area contributed by atoms with E-state index in [1.807, 2.05) is 19.1 Å². The molecule has 0 aliphatic carbocycles. The first-order valence-electron chi connectivity index (χ1n) is 10.7. The lowest BCUT2D eigenvalue weighted by molar-refractivity contribution is -0.121. The van der Waals surface area contributed by atoms with Gasteiger partial charge in [-0.05, 0) is 68.1 Å². The van der Waals surface area contributed by atoms with Crippen LogP contribution >= 0.6 is 0 Å². The third-order valence-electron chi connectivity index (χ3n) is 5.79. The second-order valence-electron chi connectivity index (χ2n) is 8.04. The number of anilines is 1. The number of hydrogen-bond donors (Lipinski definition) is 1. The van der Waals surface area contributed by atoms with Crippen LogP contribution in [0.3, 0.4) is 0 Å². The standard InChI is InChI=1S/C24H27FN4O2/c1-3-17-7-4-6-16(2)22(17)27-24(30)19-8-5-13-29(14-19)15-21-26-23(28-31-21)18-9-11-20(25)12-10-18/h4,6-7,9-12,19H,3,5,8,13-15H2,1-2H3,(H,27,30). The van der Waals surface area contributed by atoms with Gasteiger partial charge in [0.2, 0.25) is 17.6 Å². The van der Waals surface area contributed by atoms with E-state index in [4.69, 9.17) is 4.52 Å². The van der Waals surface area contributed by atoms with Gasteiger partial charge < -0.3 is 9.84 Å². The average molecular weight is 423 g/mol. The van der Waals surface area contributed by atoms with Crippen molar-refractivity contribution >= 4 is 11.6 Å². The summed E-state index contributed by atoms with van der Waals surface area (Å²) in [4.78, 5) is 19.6. The molecule has 1 fully saturated rings. The van der Waals surface area contributed by atoms with Crippen molar-refractivity contribution in [2.45, 2.75) is 39.7 Å². The second kappa shape index (κ2) is 9.39. The van der Waals surface area contributed by atoms with Crippen molar-refractivity contribution in [1.82, 2.24) is 15.0 Å². The predicted molar refractivity (Wildman–Crippen MR) is 117 cm³/mol. The van der Waals surface area contributed by atoms with Crippen LogP contribution in [0.2, 0.25) is 0 Å². The van der Waals surface area contributed by atoms with Crippen LogP contribution < -0.4 is 5.32 Å². The molecule has 1 atom stereocenters. The number of aromatic nitrogens is 2. The largest absolute Gasteiger partial charge is 0.338 e. The molecule has 1 N–H and O–H groups in total. The summed E-state index contributed by atoms with van der Waals surface area (Å²) < 4.78 is 18.5. The predicted octanol–water partition coefficient (Wildman–Crippen LogP) is 4.60. The van der Waals surface area contributed by atoms with Gasteiger partial charge in [-0.15, -0.1) is 0 Å². The molecule has 1 unspecified atom stereocenters. The maximum atomic E-state index is 13.1. The summed E-state index contributed by atoms with van der Waals surface area (Å²) >= 11 is 0. The summed E-state index contributed by atoms with van der Waals surface area (Å²) in [7, 11) is 0. The topological polar surface area (TPSA) is 71.3 Å². The molecule has 1 aliphatic rings. The highest BCUT2D eigenvalue weighted by Gasteiger charge is 2.27. The lowest BCUT2D eigenvalue weighted by atomic mass is 9.96. The first kappa shape index (κ1) is 21.2. The number of amides is 1. The Morgan fingerprint density at radius 2 is 2.06 bits per heavy atom. The van der Waals surface area contributed by atoms with Gasteiger partial charge in [0.15, 0.2) is 0 Å². The molecule has 1 amide bonds. The highest BCUT2D eigenvalue weighted by molar-refractivity contribution is 5.94. The number of carbonyl (C=O) groups is 1. The second-order valence-corrected chi connectivity index (χ2v) is 8.04. The molecule has 0 spiro atoms. The molecule has 1 saturated heterocycles. The fourth-order valence-electron chi connectivity index (χ4n) is 4.07. The van der Waals surface area contributed by atoms with E-state index in [0.717, 1.165) is 42.6 Å². The Kier molecular flexibility index (Phi) is 6.42. The van der Waals surface area contributed by atoms with Gasteiger partial charge in [-0.25, -0.2) is 4.39 Å². The SMILES string of the molecule is CCc1cccc(C)c1NC(=O)C1CCCN(Cc2nc(-c3ccc(F)cc3)no2)C1. The fraction of sp³-hybridized carbons (Fsp3) is 0.375. The van der Waals surface area contributed by atoms with Crippen molar-refractivity contribution in [3.8, 4) is 11.4 Å². The van der Waals surface area contributed by atoms with Gasteiger partial charge >= 0.3 is 0 Å². The van der Waals surface area contributed by atoms with Gasteiger partial charge in [0, 0.05) is 17.8 Å². The van der Waals surface area contributed by atoms with Gasteiger partial charge in [0.05, 0.1) is 12.5 Å². The van der Waals surface area contributed by atoms with Gasteiger partial charge in [-0.3, -0.25) is 9.69 Å². The van der Waals surface area contributed by atoms with E-state index >= 15 is 0 Å². The Morgan fingerprint density at radius 1 is 1.26 bits per heavy atom. The summed E-state index contributed by atoms with van der Waals surface area (Å²) in [5, 5.41) is 7.17. The minimum absolute atomic E-state index is 0.0613. The molecule has 1 aliphatic heterocycles. The highest BCUT2D eigenvalue weighted by atomic mass is 19.1. The first-order chi connectivity index (χ1) is 15.0. The normalized spacial score (nSPS) is 16.9. The number of likely N-dealkylation sites (tertiary alicyclic amines) is 1. The molecule has 31 heavy (non-hydrogen) atoms. The molecule has 0 bridgehead atoms. The quantitative estimate of drug-likeness (QED) is 0.629. The van der Waals surface area contributed by atoms with E-state index < -0.39 is 0 Å². The van der Waals surface area contributed by atoms with Crippen molar-refractivity contribution in [1.29, 1.82) is 0 Å². The van der Waals surface area contributed by atoms with E-state index in [2.05, 4.69) is 33.3 Å². The molecule has 4 rings (SSSR count). The number of benzene rings is 2. The van der Waals surface area contributed by atoms with Crippen LogP contribution in [0.4, 0.5) is 10.1 Å². The van der Waals surface area contributed by atoms with Crippen molar-refractivity contribution < 1.29 is 13.7 Å². The Labute approximate surface area is 181 Å². The monoisotopic (exact) mass is 422 g/mol. The van der Waals surface area contributed by atoms with Crippen LogP contribution in [0.1, 0.15) is 36.8 Å². The van der Waals surface area contributed by atoms with Gasteiger partial charge in [0.1, 0.15) is 5.82 Å². The lowest BCUT2D eigenvalue weighted by Crippen LogP contribution is -2.40. The number of nitrogens with one attached hydrogen (secondary N) is 1. The van der Waals surface area contributed by atoms with E-state index in [1.165, 1.54) is 12.1 Å². The smallest absolute Gasteiger partial charge is 0.241 e. The third kappa shape index (κ3) is 4.99. The van der Waals surface area contributed by atoms with Gasteiger partial charge in [-0.1, -0.05) is 30.3 Å². The molecule has 3 aromatic rings. The number of piperidine rings is 1. The molecule has 7 heteroatoms. The minimum atomic E-state index is -0.304. The van der Waals surface area contributed by atoms with Crippen LogP contribution in [-0.4, -0.2) is 34.0 Å². The van der Waals surface area contributed by atoms with Crippen LogP contribution in [0.5, 0.6) is 0 Å². The molecule has 6 nitrogen and oxygen atoms in total. The van der Waals surface area contributed by atoms with Crippen LogP contribution in [-0.2, 0) is 17.8 Å². The summed E-state index contributed by atoms with van der Waals surface area (Å²) in [6, 6.07) is 12.1. The zero-order valence-corrected chi connectivity index (χ0v) is 17.9. The van der Waals surface area contributed by atoms with E-state index in [-0.39, 0.29) is 17.6 Å². The number of halogens is 1. The minimum Gasteiger partial charge on any atom is -0.338 e. The zero-order chi connectivity index (χ0) is 21.8. The fourth-order valence-corrected chi connectivity index (χ4v) is 4.07. The molecule has 0 saturated carbocycles. The summed E-state index contributed by atoms with van der Waals surface area (Å²) in [5.74, 6) is 0.603. The number of hydrogen-bond acceptors (Lipinski definition) is 5. The molecule has 1 aromatic heterocycles. The number of rotatable bonds is 6. The Balaban J connectivity index is 1.39. The number of para-hydroxylation sites is 1. The van der Waals surface area contributed by atoms with Crippen molar-refractivity contribution in [2.24, 2.45) is 5.92 Å². The van der Waals surface area contributed by atoms with E-state index in [9.17, 15) is 9.18 Å². The van der Waals surface area contributed by atoms with E-state index in [1.54, 1.807) is 12.1 Å². The number of aryl methyl sites for hydroxylation is 2. The number of nitrogens with zero attached hydrogens (tertiary/aromatic N) is 3. The van der Waals surface area contributed by atoms with Gasteiger partial charge in [-0.2, -0.15) is 4.98 Å². The molecule has 162 valence electrons. The molecule has 2 aromatic carbocycles. The summed E-state index contributed by atoms with van der Waals surface area (Å²) in [6.07, 6.45) is 2.67. The number of carbonyl (C=O) groups excluding carboxylic acids is 1. The Bertz CT molecular complexity index is 1050. The maximum absolute atomic E-state index is 13.1. The third-order valence-corrected chi connectivity index (χ3v) is 5.79. The zero-order valence-electron chi connectivity index (χ0n) is 17.9. The first-order valence-corrected chi connectivity index (χ1v) is 10.7. The van der Waals surface area contributed by atoms with Crippen molar-refractivity contribution in [2.75, 3.05) is 18.4 Å². The summed E-state index contributed by atoms with van der Waals surface area (Å²) in [5.41, 5.74) is 3.88. The average Bonchev–Trinajstić information content (AvgIpc) is 3.24. The van der Waals surface area contributed by atoms with Crippen LogP contribution in [0, 0.1) is 18.7 Å². The molecule has 2 heterocycles. The van der Waals surface area contributed by atoms with Crippen molar-refractivity contribution in [3.63, 3.8) is 0 Å². The van der Waals surface area contributed by atoms with Crippen LogP contribution in [0.15, 0.2) is 47.0 Å². The Morgan fingerprint density at radius 3 is 2.84 bits per heavy atom. The molecule has 0 radical (unpaired) electrons. The van der Waals surface area contributed by atoms with E-state index in [0.29, 0.717) is 30.4 Å². The lowest BCUT2D eigenvalue weighted by Gasteiger charge is -2.31. The van der Waals surface area contributed by atoms with Crippen LogP contribution in [0.25, 0.3) is 11.4 Å². The molecular formula is C24H27FN4O2.